The SMILES string of the molecule is CC[C@@H](C)NC(=O)[C@@H](C)N(Cc1ccc(C)cc1)C(=O)CN(c1ccc2c(c1)OCO2)S(=O)(=O)CC. The van der Waals surface area contributed by atoms with E-state index in [1.54, 1.807) is 25.1 Å². The highest BCUT2D eigenvalue weighted by atomic mass is 32.2. The number of carbonyl (C=O) groups excluding carboxylic acids is 2. The van der Waals surface area contributed by atoms with Crippen LogP contribution in [0.15, 0.2) is 42.5 Å². The van der Waals surface area contributed by atoms with E-state index in [1.165, 1.54) is 11.8 Å². The number of anilines is 1. The van der Waals surface area contributed by atoms with Crippen molar-refractivity contribution in [2.24, 2.45) is 0 Å². The van der Waals surface area contributed by atoms with Crippen LogP contribution in [0, 0.1) is 6.92 Å². The van der Waals surface area contributed by atoms with E-state index < -0.39 is 28.5 Å². The van der Waals surface area contributed by atoms with Crippen molar-refractivity contribution in [3.05, 3.63) is 53.6 Å². The molecule has 0 aliphatic carbocycles. The Morgan fingerprint density at radius 2 is 1.69 bits per heavy atom. The maximum Gasteiger partial charge on any atom is 0.244 e. The minimum Gasteiger partial charge on any atom is -0.454 e. The van der Waals surface area contributed by atoms with Gasteiger partial charge in [0.2, 0.25) is 28.6 Å². The van der Waals surface area contributed by atoms with Crippen LogP contribution in [0.2, 0.25) is 0 Å². The molecule has 0 bridgehead atoms. The van der Waals surface area contributed by atoms with Gasteiger partial charge in [0.05, 0.1) is 11.4 Å². The van der Waals surface area contributed by atoms with Crippen LogP contribution in [0.4, 0.5) is 5.69 Å². The molecule has 36 heavy (non-hydrogen) atoms. The van der Waals surface area contributed by atoms with Crippen molar-refractivity contribution in [1.82, 2.24) is 10.2 Å². The Hall–Kier alpha value is -3.27. The Balaban J connectivity index is 1.93. The molecule has 1 aliphatic heterocycles. The minimum atomic E-state index is -3.82. The smallest absolute Gasteiger partial charge is 0.244 e. The average Bonchev–Trinajstić information content (AvgIpc) is 3.34. The third-order valence-electron chi connectivity index (χ3n) is 6.27. The minimum absolute atomic E-state index is 0.0470. The fraction of sp³-hybridized carbons (Fsp3) is 0.462. The van der Waals surface area contributed by atoms with Crippen molar-refractivity contribution in [2.75, 3.05) is 23.4 Å². The fourth-order valence-corrected chi connectivity index (χ4v) is 4.75. The molecule has 196 valence electrons. The van der Waals surface area contributed by atoms with Crippen LogP contribution in [-0.2, 0) is 26.2 Å². The molecule has 0 saturated carbocycles. The lowest BCUT2D eigenvalue weighted by atomic mass is 10.1. The Morgan fingerprint density at radius 1 is 1.03 bits per heavy atom. The second kappa shape index (κ2) is 11.6. The number of benzene rings is 2. The van der Waals surface area contributed by atoms with Crippen molar-refractivity contribution < 1.29 is 27.5 Å². The van der Waals surface area contributed by atoms with Crippen molar-refractivity contribution in [2.45, 2.75) is 59.7 Å². The quantitative estimate of drug-likeness (QED) is 0.491. The van der Waals surface area contributed by atoms with Gasteiger partial charge >= 0.3 is 0 Å². The first-order valence-corrected chi connectivity index (χ1v) is 13.7. The largest absolute Gasteiger partial charge is 0.454 e. The average molecular weight is 518 g/mol. The normalized spacial score (nSPS) is 14.1. The molecule has 3 rings (SSSR count). The second-order valence-corrected chi connectivity index (χ2v) is 11.1. The molecule has 0 aromatic heterocycles. The van der Waals surface area contributed by atoms with Crippen LogP contribution in [0.1, 0.15) is 45.2 Å². The second-order valence-electron chi connectivity index (χ2n) is 8.95. The van der Waals surface area contributed by atoms with Crippen LogP contribution >= 0.6 is 0 Å². The van der Waals surface area contributed by atoms with Crippen LogP contribution in [0.25, 0.3) is 0 Å². The molecule has 0 spiro atoms. The van der Waals surface area contributed by atoms with E-state index >= 15 is 0 Å². The van der Waals surface area contributed by atoms with Crippen LogP contribution < -0.4 is 19.1 Å². The number of sulfonamides is 1. The van der Waals surface area contributed by atoms with Gasteiger partial charge < -0.3 is 19.7 Å². The highest BCUT2D eigenvalue weighted by Crippen LogP contribution is 2.36. The number of nitrogens with zero attached hydrogens (tertiary/aromatic N) is 2. The van der Waals surface area contributed by atoms with E-state index in [9.17, 15) is 18.0 Å². The highest BCUT2D eigenvalue weighted by Gasteiger charge is 2.32. The monoisotopic (exact) mass is 517 g/mol. The Kier molecular flexibility index (Phi) is 8.84. The van der Waals surface area contributed by atoms with E-state index in [0.29, 0.717) is 17.2 Å². The van der Waals surface area contributed by atoms with E-state index in [1.807, 2.05) is 45.0 Å². The molecule has 2 aromatic carbocycles. The summed E-state index contributed by atoms with van der Waals surface area (Å²) in [5.41, 5.74) is 2.20. The number of aryl methyl sites for hydroxylation is 1. The van der Waals surface area contributed by atoms with Crippen LogP contribution in [0.3, 0.4) is 0 Å². The molecule has 2 amide bonds. The fourth-order valence-electron chi connectivity index (χ4n) is 3.70. The molecule has 2 atom stereocenters. The summed E-state index contributed by atoms with van der Waals surface area (Å²) >= 11 is 0. The first kappa shape index (κ1) is 27.3. The van der Waals surface area contributed by atoms with Crippen molar-refractivity contribution >= 4 is 27.5 Å². The van der Waals surface area contributed by atoms with Gasteiger partial charge in [-0.25, -0.2) is 8.42 Å². The predicted octanol–water partition coefficient (Wildman–Crippen LogP) is 3.21. The number of rotatable bonds is 11. The number of nitrogens with one attached hydrogen (secondary N) is 1. The number of hydrogen-bond donors (Lipinski definition) is 1. The number of hydrogen-bond acceptors (Lipinski definition) is 6. The maximum absolute atomic E-state index is 13.7. The van der Waals surface area contributed by atoms with E-state index in [-0.39, 0.29) is 31.0 Å². The van der Waals surface area contributed by atoms with Crippen molar-refractivity contribution in [3.8, 4) is 11.5 Å². The summed E-state index contributed by atoms with van der Waals surface area (Å²) in [7, 11) is -3.82. The number of fused-ring (bicyclic) bond motifs is 1. The molecule has 0 fully saturated rings. The molecule has 2 aromatic rings. The van der Waals surface area contributed by atoms with Gasteiger partial charge in [0.15, 0.2) is 11.5 Å². The number of carbonyl (C=O) groups is 2. The maximum atomic E-state index is 13.7. The first-order valence-electron chi connectivity index (χ1n) is 12.1. The van der Waals surface area contributed by atoms with E-state index in [2.05, 4.69) is 5.32 Å². The molecule has 0 radical (unpaired) electrons. The van der Waals surface area contributed by atoms with E-state index in [0.717, 1.165) is 21.9 Å². The summed E-state index contributed by atoms with van der Waals surface area (Å²) in [6.07, 6.45) is 0.747. The summed E-state index contributed by atoms with van der Waals surface area (Å²) in [5, 5.41) is 2.92. The Morgan fingerprint density at radius 3 is 2.33 bits per heavy atom. The molecular weight excluding hydrogens is 482 g/mol. The predicted molar refractivity (Wildman–Crippen MR) is 138 cm³/mol. The lowest BCUT2D eigenvalue weighted by molar-refractivity contribution is -0.139. The lowest BCUT2D eigenvalue weighted by Gasteiger charge is -2.32. The van der Waals surface area contributed by atoms with Gasteiger partial charge in [0, 0.05) is 18.7 Å². The molecule has 1 N–H and O–H groups in total. The molecule has 10 heteroatoms. The van der Waals surface area contributed by atoms with Crippen LogP contribution in [0.5, 0.6) is 11.5 Å². The van der Waals surface area contributed by atoms with E-state index in [4.69, 9.17) is 9.47 Å². The van der Waals surface area contributed by atoms with Crippen molar-refractivity contribution in [3.63, 3.8) is 0 Å². The summed E-state index contributed by atoms with van der Waals surface area (Å²) in [5.74, 6) is -0.0596. The third kappa shape index (κ3) is 6.48. The summed E-state index contributed by atoms with van der Waals surface area (Å²) in [4.78, 5) is 28.1. The van der Waals surface area contributed by atoms with Crippen molar-refractivity contribution in [1.29, 1.82) is 0 Å². The molecular formula is C26H35N3O6S. The third-order valence-corrected chi connectivity index (χ3v) is 8.01. The standard InChI is InChI=1S/C26H35N3O6S/c1-6-19(4)27-26(31)20(5)28(15-21-10-8-18(3)9-11-21)25(30)16-29(36(32,33)7-2)22-12-13-23-24(14-22)35-17-34-23/h8-14,19-20H,6-7,15-17H2,1-5H3,(H,27,31)/t19-,20-/m1/s1. The summed E-state index contributed by atoms with van der Waals surface area (Å²) < 4.78 is 37.9. The van der Waals surface area contributed by atoms with Crippen LogP contribution in [-0.4, -0.2) is 56.3 Å². The zero-order chi connectivity index (χ0) is 26.5. The summed E-state index contributed by atoms with van der Waals surface area (Å²) in [6.45, 7) is 8.75. The van der Waals surface area contributed by atoms with Gasteiger partial charge in [-0.1, -0.05) is 36.8 Å². The zero-order valence-electron chi connectivity index (χ0n) is 21.5. The number of amides is 2. The Labute approximate surface area is 213 Å². The zero-order valence-corrected chi connectivity index (χ0v) is 22.3. The Bertz CT molecular complexity index is 1180. The van der Waals surface area contributed by atoms with Gasteiger partial charge in [-0.3, -0.25) is 13.9 Å². The molecule has 9 nitrogen and oxygen atoms in total. The van der Waals surface area contributed by atoms with Gasteiger partial charge in [-0.15, -0.1) is 0 Å². The number of ether oxygens (including phenoxy) is 2. The van der Waals surface area contributed by atoms with Gasteiger partial charge in [-0.05, 0) is 51.8 Å². The molecule has 0 saturated heterocycles. The molecule has 0 unspecified atom stereocenters. The highest BCUT2D eigenvalue weighted by molar-refractivity contribution is 7.92. The topological polar surface area (TPSA) is 105 Å². The van der Waals surface area contributed by atoms with Gasteiger partial charge in [-0.2, -0.15) is 0 Å². The van der Waals surface area contributed by atoms with Gasteiger partial charge in [0.1, 0.15) is 12.6 Å². The van der Waals surface area contributed by atoms with Gasteiger partial charge in [0.25, 0.3) is 0 Å². The first-order chi connectivity index (χ1) is 17.1. The summed E-state index contributed by atoms with van der Waals surface area (Å²) in [6, 6.07) is 11.5. The molecule has 1 aliphatic rings. The lowest BCUT2D eigenvalue weighted by Crippen LogP contribution is -2.52. The molecule has 1 heterocycles.